The average molecular weight is 560 g/mol. The quantitative estimate of drug-likeness (QED) is 0.362. The van der Waals surface area contributed by atoms with Crippen LogP contribution in [0.15, 0.2) is 54.6 Å². The molecule has 0 radical (unpaired) electrons. The zero-order valence-corrected chi connectivity index (χ0v) is 21.2. The van der Waals surface area contributed by atoms with Crippen LogP contribution in [0, 0.1) is 5.82 Å². The highest BCUT2D eigenvalue weighted by atomic mass is 19.4. The number of nitrogens with one attached hydrogen (secondary N) is 1. The lowest BCUT2D eigenvalue weighted by molar-refractivity contribution is -0.265. The van der Waals surface area contributed by atoms with Crippen molar-refractivity contribution in [2.24, 2.45) is 5.73 Å². The molecular weight excluding hydrogens is 534 g/mol. The molecule has 210 valence electrons. The zero-order valence-electron chi connectivity index (χ0n) is 21.2. The summed E-state index contributed by atoms with van der Waals surface area (Å²) >= 11 is 0. The van der Waals surface area contributed by atoms with E-state index in [4.69, 9.17) is 15.2 Å². The lowest BCUT2D eigenvalue weighted by Gasteiger charge is -2.31. The second-order valence-electron chi connectivity index (χ2n) is 10.1. The molecule has 1 saturated carbocycles. The Balaban J connectivity index is 1.52. The number of nitrogens with two attached hydrogens (primary N) is 1. The molecule has 0 saturated heterocycles. The van der Waals surface area contributed by atoms with E-state index in [2.05, 4.69) is 10.3 Å². The van der Waals surface area contributed by atoms with Crippen LogP contribution in [0.3, 0.4) is 0 Å². The maximum Gasteiger partial charge on any atom is 0.424 e. The topological polar surface area (TPSA) is 124 Å². The van der Waals surface area contributed by atoms with E-state index in [1.165, 1.54) is 43.3 Å². The first kappa shape index (κ1) is 27.4. The van der Waals surface area contributed by atoms with Crippen LogP contribution in [0.2, 0.25) is 0 Å². The lowest BCUT2D eigenvalue weighted by atomic mass is 9.81. The number of fused-ring (bicyclic) bond motifs is 1. The van der Waals surface area contributed by atoms with Crippen molar-refractivity contribution in [3.63, 3.8) is 0 Å². The van der Waals surface area contributed by atoms with Gasteiger partial charge in [0.15, 0.2) is 0 Å². The van der Waals surface area contributed by atoms with Gasteiger partial charge in [-0.05, 0) is 74.4 Å². The van der Waals surface area contributed by atoms with Crippen LogP contribution in [0.4, 0.5) is 17.6 Å². The molecule has 0 bridgehead atoms. The van der Waals surface area contributed by atoms with Crippen molar-refractivity contribution < 1.29 is 41.7 Å². The molecule has 1 fully saturated rings. The molecule has 2 heterocycles. The first-order chi connectivity index (χ1) is 18.8. The molecule has 40 heavy (non-hydrogen) atoms. The van der Waals surface area contributed by atoms with E-state index in [1.807, 2.05) is 0 Å². The molecule has 2 aliphatic rings. The fraction of sp³-hybridized carbons (Fsp3) is 0.321. The molecular formula is C28H25F4N3O5. The van der Waals surface area contributed by atoms with Gasteiger partial charge >= 0.3 is 6.18 Å². The minimum Gasteiger partial charge on any atom is -0.490 e. The molecule has 3 aromatic rings. The van der Waals surface area contributed by atoms with Gasteiger partial charge in [-0.2, -0.15) is 13.2 Å². The van der Waals surface area contributed by atoms with Crippen LogP contribution < -0.4 is 20.5 Å². The van der Waals surface area contributed by atoms with E-state index in [9.17, 15) is 32.3 Å². The maximum atomic E-state index is 14.5. The van der Waals surface area contributed by atoms with Crippen LogP contribution in [0.25, 0.3) is 11.3 Å². The van der Waals surface area contributed by atoms with Crippen molar-refractivity contribution in [2.45, 2.75) is 43.1 Å². The minimum atomic E-state index is -5.31. The Kier molecular flexibility index (Phi) is 6.69. The molecule has 1 aliphatic carbocycles. The third-order valence-corrected chi connectivity index (χ3v) is 7.08. The number of carbonyl (C=O) groups is 2. The summed E-state index contributed by atoms with van der Waals surface area (Å²) < 4.78 is 68.3. The molecule has 12 heteroatoms. The number of hydrogen-bond donors (Lipinski definition) is 3. The Morgan fingerprint density at radius 3 is 2.38 bits per heavy atom. The number of halogens is 4. The third kappa shape index (κ3) is 4.94. The summed E-state index contributed by atoms with van der Waals surface area (Å²) in [5.41, 5.74) is -0.502. The van der Waals surface area contributed by atoms with E-state index in [0.717, 1.165) is 31.0 Å². The van der Waals surface area contributed by atoms with Gasteiger partial charge in [-0.1, -0.05) is 0 Å². The monoisotopic (exact) mass is 559 g/mol. The van der Waals surface area contributed by atoms with Crippen LogP contribution in [0.1, 0.15) is 41.4 Å². The van der Waals surface area contributed by atoms with E-state index >= 15 is 0 Å². The van der Waals surface area contributed by atoms with Crippen molar-refractivity contribution in [1.29, 1.82) is 0 Å². The van der Waals surface area contributed by atoms with Gasteiger partial charge in [0.2, 0.25) is 11.5 Å². The Morgan fingerprint density at radius 1 is 1.15 bits per heavy atom. The first-order valence-corrected chi connectivity index (χ1v) is 12.4. The number of nitrogens with zero attached hydrogens (tertiary/aromatic N) is 1. The number of primary amides is 1. The molecule has 5 rings (SSSR count). The second kappa shape index (κ2) is 9.77. The number of alkyl halides is 3. The van der Waals surface area contributed by atoms with Gasteiger partial charge in [0.05, 0.1) is 18.3 Å². The highest BCUT2D eigenvalue weighted by Crippen LogP contribution is 2.47. The SMILES string of the molecule is C[C@]1(C(N)=O)COc2c1cc([C@@](O)(CNC(=O)c1ccc(OC3CC3)cc1)C(F)(F)F)nc2-c1ccc(F)cc1. The zero-order chi connectivity index (χ0) is 28.9. The number of hydrogen-bond acceptors (Lipinski definition) is 6. The van der Waals surface area contributed by atoms with Gasteiger partial charge in [0, 0.05) is 16.7 Å². The standard InChI is InChI=1S/C28H25F4N3O5/c1-26(25(33)37)14-39-23-20(26)12-21(35-22(23)15-2-6-17(29)7-3-15)27(38,28(30,31)32)13-34-24(36)16-4-8-18(9-5-16)40-19-10-11-19/h2-9,12,19,38H,10-11,13-14H2,1H3,(H2,33,37)(H,34,36)/t26-,27-/m0/s1. The van der Waals surface area contributed by atoms with Crippen molar-refractivity contribution in [2.75, 3.05) is 13.2 Å². The Bertz CT molecular complexity index is 1460. The van der Waals surface area contributed by atoms with Gasteiger partial charge in [-0.25, -0.2) is 9.37 Å². The van der Waals surface area contributed by atoms with E-state index in [0.29, 0.717) is 5.75 Å². The van der Waals surface area contributed by atoms with Crippen LogP contribution in [0.5, 0.6) is 11.5 Å². The highest BCUT2D eigenvalue weighted by molar-refractivity contribution is 5.94. The molecule has 1 aromatic heterocycles. The van der Waals surface area contributed by atoms with Gasteiger partial charge in [0.25, 0.3) is 5.91 Å². The highest BCUT2D eigenvalue weighted by Gasteiger charge is 2.57. The molecule has 2 amide bonds. The van der Waals surface area contributed by atoms with Gasteiger partial charge in [-0.15, -0.1) is 0 Å². The Hall–Kier alpha value is -4.19. The second-order valence-corrected chi connectivity index (χ2v) is 10.1. The Morgan fingerprint density at radius 2 is 1.80 bits per heavy atom. The predicted octanol–water partition coefficient (Wildman–Crippen LogP) is 3.74. The van der Waals surface area contributed by atoms with Gasteiger partial charge in [-0.3, -0.25) is 9.59 Å². The number of aromatic nitrogens is 1. The largest absolute Gasteiger partial charge is 0.490 e. The summed E-state index contributed by atoms with van der Waals surface area (Å²) in [7, 11) is 0. The summed E-state index contributed by atoms with van der Waals surface area (Å²) in [4.78, 5) is 29.1. The number of amides is 2. The van der Waals surface area contributed by atoms with Crippen molar-refractivity contribution in [3.8, 4) is 22.8 Å². The van der Waals surface area contributed by atoms with Gasteiger partial charge in [0.1, 0.15) is 35.0 Å². The smallest absolute Gasteiger partial charge is 0.424 e. The summed E-state index contributed by atoms with van der Waals surface area (Å²) in [6.45, 7) is -0.179. The van der Waals surface area contributed by atoms with E-state index < -0.39 is 47.1 Å². The van der Waals surface area contributed by atoms with E-state index in [-0.39, 0.29) is 40.8 Å². The number of rotatable bonds is 8. The first-order valence-electron chi connectivity index (χ1n) is 12.4. The number of aliphatic hydroxyl groups is 1. The Labute approximate surface area is 226 Å². The minimum absolute atomic E-state index is 0.0151. The molecule has 0 unspecified atom stereocenters. The van der Waals surface area contributed by atoms with Crippen molar-refractivity contribution >= 4 is 11.8 Å². The van der Waals surface area contributed by atoms with Gasteiger partial charge < -0.3 is 25.6 Å². The van der Waals surface area contributed by atoms with Crippen LogP contribution >= 0.6 is 0 Å². The molecule has 2 aromatic carbocycles. The molecule has 2 atom stereocenters. The number of carbonyl (C=O) groups excluding carboxylic acids is 2. The average Bonchev–Trinajstić information content (AvgIpc) is 3.67. The number of ether oxygens (including phenoxy) is 2. The number of benzene rings is 2. The molecule has 1 aliphatic heterocycles. The number of pyridine rings is 1. The summed E-state index contributed by atoms with van der Waals surface area (Å²) in [6, 6.07) is 11.5. The summed E-state index contributed by atoms with van der Waals surface area (Å²) in [6.07, 6.45) is -3.32. The maximum absolute atomic E-state index is 14.5. The normalized spacial score (nSPS) is 19.8. The molecule has 8 nitrogen and oxygen atoms in total. The van der Waals surface area contributed by atoms with E-state index in [1.54, 1.807) is 0 Å². The predicted molar refractivity (Wildman–Crippen MR) is 134 cm³/mol. The lowest BCUT2D eigenvalue weighted by Crippen LogP contribution is -2.51. The third-order valence-electron chi connectivity index (χ3n) is 7.08. The van der Waals surface area contributed by atoms with Crippen molar-refractivity contribution in [1.82, 2.24) is 10.3 Å². The van der Waals surface area contributed by atoms with Crippen molar-refractivity contribution in [3.05, 3.63) is 77.2 Å². The summed E-state index contributed by atoms with van der Waals surface area (Å²) in [5, 5.41) is 13.2. The molecule has 4 N–H and O–H groups in total. The fourth-order valence-electron chi connectivity index (χ4n) is 4.31. The molecule has 0 spiro atoms. The van der Waals surface area contributed by atoms with Crippen LogP contribution in [-0.4, -0.2) is 47.3 Å². The fourth-order valence-corrected chi connectivity index (χ4v) is 4.31. The van der Waals surface area contributed by atoms with Crippen LogP contribution in [-0.2, 0) is 15.8 Å². The summed E-state index contributed by atoms with van der Waals surface area (Å²) in [5.74, 6) is -1.82.